The first-order valence-electron chi connectivity index (χ1n) is 10.3. The van der Waals surface area contributed by atoms with E-state index >= 15 is 0 Å². The monoisotopic (exact) mass is 425 g/mol. The lowest BCUT2D eigenvalue weighted by molar-refractivity contribution is -0.271. The van der Waals surface area contributed by atoms with Crippen molar-refractivity contribution in [2.24, 2.45) is 0 Å². The van der Waals surface area contributed by atoms with Gasteiger partial charge in [-0.2, -0.15) is 0 Å². The van der Waals surface area contributed by atoms with Gasteiger partial charge in [-0.15, -0.1) is 0 Å². The maximum Gasteiger partial charge on any atom is 0.335 e. The highest BCUT2D eigenvalue weighted by atomic mass is 16.7. The number of benzene rings is 1. The van der Waals surface area contributed by atoms with Gasteiger partial charge in [0.1, 0.15) is 24.1 Å². The largest absolute Gasteiger partial charge is 0.479 e. The van der Waals surface area contributed by atoms with Crippen LogP contribution >= 0.6 is 0 Å². The van der Waals surface area contributed by atoms with Gasteiger partial charge in [0.15, 0.2) is 6.10 Å². The molecule has 1 aliphatic heterocycles. The van der Waals surface area contributed by atoms with Crippen molar-refractivity contribution in [3.05, 3.63) is 29.8 Å². The Morgan fingerprint density at radius 2 is 1.77 bits per heavy atom. The van der Waals surface area contributed by atoms with Gasteiger partial charge in [0.25, 0.3) is 0 Å². The molecule has 1 saturated carbocycles. The van der Waals surface area contributed by atoms with Crippen LogP contribution in [0.15, 0.2) is 24.3 Å². The fourth-order valence-electron chi connectivity index (χ4n) is 4.40. The van der Waals surface area contributed by atoms with Crippen molar-refractivity contribution < 1.29 is 39.8 Å². The van der Waals surface area contributed by atoms with Crippen LogP contribution in [0.5, 0.6) is 5.75 Å². The summed E-state index contributed by atoms with van der Waals surface area (Å²) in [6, 6.07) is 6.93. The zero-order valence-electron chi connectivity index (χ0n) is 17.0. The van der Waals surface area contributed by atoms with Crippen LogP contribution < -0.4 is 10.1 Å². The van der Waals surface area contributed by atoms with Gasteiger partial charge in [-0.1, -0.05) is 31.4 Å². The third kappa shape index (κ3) is 4.77. The molecule has 1 aromatic carbocycles. The van der Waals surface area contributed by atoms with Crippen LogP contribution in [0.3, 0.4) is 0 Å². The zero-order chi connectivity index (χ0) is 21.9. The minimum absolute atomic E-state index is 0.0956. The van der Waals surface area contributed by atoms with Gasteiger partial charge in [-0.3, -0.25) is 0 Å². The van der Waals surface area contributed by atoms with Crippen LogP contribution in [0.1, 0.15) is 43.6 Å². The number of carbonyl (C=O) groups is 1. The molecule has 0 amide bonds. The molecule has 0 aromatic heterocycles. The van der Waals surface area contributed by atoms with E-state index in [1.165, 1.54) is 0 Å². The Balaban J connectivity index is 1.73. The number of nitrogens with one attached hydrogen (secondary N) is 1. The van der Waals surface area contributed by atoms with E-state index in [1.54, 1.807) is 12.1 Å². The molecule has 0 radical (unpaired) electrons. The Hall–Kier alpha value is -1.75. The maximum absolute atomic E-state index is 11.2. The van der Waals surface area contributed by atoms with E-state index in [0.29, 0.717) is 12.3 Å². The molecule has 1 aliphatic carbocycles. The standard InChI is InChI=1S/C21H31NO8/c1-22-11-14(21(28)9-3-2-4-10-21)12-5-7-13(8-6-12)29-20-17(25)15(23)16(24)18(30-20)19(26)27/h5-8,14-18,20,22-25,28H,2-4,9-11H2,1H3,(H,26,27)/t14-,15+,16+,17+,18+,20-/m1/s1. The van der Waals surface area contributed by atoms with E-state index in [9.17, 15) is 25.2 Å². The fourth-order valence-corrected chi connectivity index (χ4v) is 4.40. The molecule has 9 heteroatoms. The predicted octanol–water partition coefficient (Wildman–Crippen LogP) is -0.0442. The number of likely N-dealkylation sites (N-methyl/N-ethyl adjacent to an activating group) is 1. The summed E-state index contributed by atoms with van der Waals surface area (Å²) in [6.45, 7) is 0.617. The molecule has 2 fully saturated rings. The summed E-state index contributed by atoms with van der Waals surface area (Å²) in [5.41, 5.74) is 0.159. The smallest absolute Gasteiger partial charge is 0.335 e. The molecule has 9 nitrogen and oxygen atoms in total. The van der Waals surface area contributed by atoms with Crippen LogP contribution in [-0.2, 0) is 9.53 Å². The Labute approximate surface area is 175 Å². The van der Waals surface area contributed by atoms with E-state index in [1.807, 2.05) is 19.2 Å². The summed E-state index contributed by atoms with van der Waals surface area (Å²) in [5, 5.41) is 53.2. The molecule has 1 saturated heterocycles. The van der Waals surface area contributed by atoms with Gasteiger partial charge in [0, 0.05) is 12.5 Å². The summed E-state index contributed by atoms with van der Waals surface area (Å²) in [6.07, 6.45) is -3.66. The number of aliphatic hydroxyl groups is 4. The number of rotatable bonds is 7. The Morgan fingerprint density at radius 3 is 2.33 bits per heavy atom. The van der Waals surface area contributed by atoms with Crippen molar-refractivity contribution in [3.8, 4) is 5.75 Å². The SMILES string of the molecule is CNC[C@H](c1ccc(O[C@@H]2O[C@H](C(=O)O)[C@@H](O)[C@H](O)[C@@H]2O)cc1)C1(O)CCCCC1. The van der Waals surface area contributed by atoms with Crippen molar-refractivity contribution in [2.75, 3.05) is 13.6 Å². The van der Waals surface area contributed by atoms with Gasteiger partial charge < -0.3 is 40.3 Å². The second kappa shape index (κ2) is 9.59. The summed E-state index contributed by atoms with van der Waals surface area (Å²) in [5.74, 6) is -1.26. The molecule has 2 aliphatic rings. The number of hydrogen-bond donors (Lipinski definition) is 6. The summed E-state index contributed by atoms with van der Waals surface area (Å²) < 4.78 is 10.7. The van der Waals surface area contributed by atoms with Crippen LogP contribution in [-0.4, -0.2) is 81.4 Å². The number of aliphatic hydroxyl groups excluding tert-OH is 3. The lowest BCUT2D eigenvalue weighted by Gasteiger charge is -2.40. The summed E-state index contributed by atoms with van der Waals surface area (Å²) >= 11 is 0. The Morgan fingerprint density at radius 1 is 1.13 bits per heavy atom. The summed E-state index contributed by atoms with van der Waals surface area (Å²) in [4.78, 5) is 11.2. The molecule has 0 bridgehead atoms. The molecule has 0 unspecified atom stereocenters. The maximum atomic E-state index is 11.2. The van der Waals surface area contributed by atoms with Gasteiger partial charge in [-0.25, -0.2) is 4.79 Å². The van der Waals surface area contributed by atoms with E-state index in [-0.39, 0.29) is 5.92 Å². The topological polar surface area (TPSA) is 149 Å². The lowest BCUT2D eigenvalue weighted by atomic mass is 9.73. The van der Waals surface area contributed by atoms with Crippen molar-refractivity contribution in [1.82, 2.24) is 5.32 Å². The number of carboxylic acids is 1. The number of carboxylic acid groups (broad SMARTS) is 1. The van der Waals surface area contributed by atoms with E-state index in [2.05, 4.69) is 5.32 Å². The minimum atomic E-state index is -1.77. The fraction of sp³-hybridized carbons (Fsp3) is 0.667. The Kier molecular flexibility index (Phi) is 7.33. The molecule has 6 N–H and O–H groups in total. The first kappa shape index (κ1) is 22.9. The van der Waals surface area contributed by atoms with Crippen molar-refractivity contribution in [2.45, 2.75) is 74.3 Å². The molecule has 30 heavy (non-hydrogen) atoms. The summed E-state index contributed by atoms with van der Waals surface area (Å²) in [7, 11) is 1.84. The molecule has 6 atom stereocenters. The van der Waals surface area contributed by atoms with Crippen molar-refractivity contribution in [1.29, 1.82) is 0 Å². The van der Waals surface area contributed by atoms with Gasteiger partial charge in [-0.05, 0) is 37.6 Å². The van der Waals surface area contributed by atoms with Crippen molar-refractivity contribution in [3.63, 3.8) is 0 Å². The quantitative estimate of drug-likeness (QED) is 0.354. The minimum Gasteiger partial charge on any atom is -0.479 e. The highest BCUT2D eigenvalue weighted by Crippen LogP contribution is 2.40. The number of hydrogen-bond acceptors (Lipinski definition) is 8. The van der Waals surface area contributed by atoms with E-state index in [4.69, 9.17) is 14.6 Å². The normalized spacial score (nSPS) is 32.4. The van der Waals surface area contributed by atoms with Crippen LogP contribution in [0.2, 0.25) is 0 Å². The predicted molar refractivity (Wildman–Crippen MR) is 106 cm³/mol. The van der Waals surface area contributed by atoms with E-state index in [0.717, 1.165) is 37.7 Å². The van der Waals surface area contributed by atoms with Gasteiger partial charge in [0.05, 0.1) is 5.60 Å². The molecular weight excluding hydrogens is 394 g/mol. The van der Waals surface area contributed by atoms with Crippen LogP contribution in [0, 0.1) is 0 Å². The number of ether oxygens (including phenoxy) is 2. The average molecular weight is 425 g/mol. The van der Waals surface area contributed by atoms with Gasteiger partial charge in [0.2, 0.25) is 6.29 Å². The van der Waals surface area contributed by atoms with Crippen LogP contribution in [0.25, 0.3) is 0 Å². The molecule has 168 valence electrons. The Bertz CT molecular complexity index is 705. The highest BCUT2D eigenvalue weighted by molar-refractivity contribution is 5.73. The molecular formula is C21H31NO8. The molecule has 1 aromatic rings. The highest BCUT2D eigenvalue weighted by Gasteiger charge is 2.48. The van der Waals surface area contributed by atoms with E-state index < -0.39 is 42.3 Å². The first-order valence-corrected chi connectivity index (χ1v) is 10.3. The van der Waals surface area contributed by atoms with Crippen LogP contribution in [0.4, 0.5) is 0 Å². The molecule has 1 heterocycles. The second-order valence-electron chi connectivity index (χ2n) is 8.20. The third-order valence-corrected chi connectivity index (χ3v) is 6.12. The number of aliphatic carboxylic acids is 1. The van der Waals surface area contributed by atoms with Crippen molar-refractivity contribution >= 4 is 5.97 Å². The third-order valence-electron chi connectivity index (χ3n) is 6.12. The average Bonchev–Trinajstić information content (AvgIpc) is 2.73. The first-order chi connectivity index (χ1) is 14.3. The second-order valence-corrected chi connectivity index (χ2v) is 8.20. The van der Waals surface area contributed by atoms with Gasteiger partial charge >= 0.3 is 5.97 Å². The molecule has 0 spiro atoms. The zero-order valence-corrected chi connectivity index (χ0v) is 17.0. The lowest BCUT2D eigenvalue weighted by Crippen LogP contribution is -2.61. The molecule has 3 rings (SSSR count).